The van der Waals surface area contributed by atoms with Crippen molar-refractivity contribution in [3.8, 4) is 11.3 Å². The zero-order valence-electron chi connectivity index (χ0n) is 14.7. The van der Waals surface area contributed by atoms with E-state index in [-0.39, 0.29) is 12.0 Å². The van der Waals surface area contributed by atoms with Gasteiger partial charge < -0.3 is 10.1 Å². The molecule has 0 bridgehead atoms. The van der Waals surface area contributed by atoms with E-state index < -0.39 is 0 Å². The molecule has 26 heavy (non-hydrogen) atoms. The van der Waals surface area contributed by atoms with Gasteiger partial charge in [-0.3, -0.25) is 4.79 Å². The molecule has 0 radical (unpaired) electrons. The summed E-state index contributed by atoms with van der Waals surface area (Å²) in [4.78, 5) is 17.6. The van der Waals surface area contributed by atoms with Crippen LogP contribution in [0.4, 0.5) is 0 Å². The summed E-state index contributed by atoms with van der Waals surface area (Å²) in [6, 6.07) is 19.6. The summed E-state index contributed by atoms with van der Waals surface area (Å²) in [6.45, 7) is 1.47. The molecule has 0 aliphatic carbocycles. The van der Waals surface area contributed by atoms with Gasteiger partial charge in [0, 0.05) is 24.1 Å². The molecule has 1 aromatic heterocycles. The van der Waals surface area contributed by atoms with Crippen LogP contribution >= 0.6 is 0 Å². The molecule has 2 heterocycles. The van der Waals surface area contributed by atoms with E-state index in [4.69, 9.17) is 9.72 Å². The Kier molecular flexibility index (Phi) is 4.93. The molecule has 1 aliphatic heterocycles. The van der Waals surface area contributed by atoms with Gasteiger partial charge in [0.1, 0.15) is 0 Å². The maximum Gasteiger partial charge on any atom is 0.252 e. The molecule has 1 aliphatic rings. The second-order valence-corrected chi connectivity index (χ2v) is 6.62. The molecule has 4 rings (SSSR count). The van der Waals surface area contributed by atoms with Gasteiger partial charge >= 0.3 is 0 Å². The topological polar surface area (TPSA) is 51.2 Å². The molecular formula is C22H22N2O2. The van der Waals surface area contributed by atoms with E-state index >= 15 is 0 Å². The van der Waals surface area contributed by atoms with E-state index in [2.05, 4.69) is 5.32 Å². The Bertz CT molecular complexity index is 902. The molecule has 132 valence electrons. The van der Waals surface area contributed by atoms with Gasteiger partial charge in [-0.15, -0.1) is 0 Å². The van der Waals surface area contributed by atoms with Crippen molar-refractivity contribution in [3.05, 3.63) is 66.2 Å². The van der Waals surface area contributed by atoms with Crippen molar-refractivity contribution in [1.29, 1.82) is 0 Å². The highest BCUT2D eigenvalue weighted by atomic mass is 16.5. The molecule has 1 saturated heterocycles. The largest absolute Gasteiger partial charge is 0.378 e. The summed E-state index contributed by atoms with van der Waals surface area (Å²) in [7, 11) is 0. The van der Waals surface area contributed by atoms with Crippen LogP contribution in [0.25, 0.3) is 22.2 Å². The van der Waals surface area contributed by atoms with Gasteiger partial charge in [-0.2, -0.15) is 0 Å². The number of benzene rings is 2. The molecule has 4 nitrogen and oxygen atoms in total. The zero-order chi connectivity index (χ0) is 17.8. The Morgan fingerprint density at radius 3 is 2.73 bits per heavy atom. The van der Waals surface area contributed by atoms with Crippen LogP contribution in [0, 0.1) is 0 Å². The summed E-state index contributed by atoms with van der Waals surface area (Å²) in [5.41, 5.74) is 3.32. The average Bonchev–Trinajstić information content (AvgIpc) is 3.21. The van der Waals surface area contributed by atoms with E-state index in [9.17, 15) is 4.79 Å². The summed E-state index contributed by atoms with van der Waals surface area (Å²) < 4.78 is 5.63. The third-order valence-electron chi connectivity index (χ3n) is 4.81. The number of carbonyl (C=O) groups excluding carboxylic acids is 1. The fourth-order valence-corrected chi connectivity index (χ4v) is 3.43. The number of ether oxygens (including phenoxy) is 1. The Morgan fingerprint density at radius 1 is 1.12 bits per heavy atom. The molecule has 0 spiro atoms. The number of amides is 1. The number of pyridine rings is 1. The number of nitrogens with one attached hydrogen (secondary N) is 1. The number of para-hydroxylation sites is 1. The fourth-order valence-electron chi connectivity index (χ4n) is 3.43. The Morgan fingerprint density at radius 2 is 1.92 bits per heavy atom. The average molecular weight is 346 g/mol. The molecule has 0 unspecified atom stereocenters. The minimum absolute atomic E-state index is 0.0567. The normalized spacial score (nSPS) is 16.7. The fraction of sp³-hybridized carbons (Fsp3) is 0.273. The summed E-state index contributed by atoms with van der Waals surface area (Å²) in [5.74, 6) is -0.0567. The first kappa shape index (κ1) is 16.7. The number of aromatic nitrogens is 1. The lowest BCUT2D eigenvalue weighted by Crippen LogP contribution is -2.27. The molecule has 1 fully saturated rings. The highest BCUT2D eigenvalue weighted by Gasteiger charge is 2.17. The molecule has 1 atom stereocenters. The Hall–Kier alpha value is -2.72. The van der Waals surface area contributed by atoms with Crippen molar-refractivity contribution < 1.29 is 9.53 Å². The van der Waals surface area contributed by atoms with Crippen LogP contribution < -0.4 is 5.32 Å². The van der Waals surface area contributed by atoms with E-state index in [1.165, 1.54) is 0 Å². The molecule has 3 aromatic rings. The predicted octanol–water partition coefficient (Wildman–Crippen LogP) is 4.20. The molecule has 0 saturated carbocycles. The second kappa shape index (κ2) is 7.67. The monoisotopic (exact) mass is 346 g/mol. The SMILES string of the molecule is O=C(NCC[C@H]1CCCO1)c1cc(-c2ccccc2)nc2ccccc12. The van der Waals surface area contributed by atoms with Crippen molar-refractivity contribution in [2.24, 2.45) is 0 Å². The third-order valence-corrected chi connectivity index (χ3v) is 4.81. The summed E-state index contributed by atoms with van der Waals surface area (Å²) >= 11 is 0. The number of rotatable bonds is 5. The van der Waals surface area contributed by atoms with Gasteiger partial charge in [-0.25, -0.2) is 4.98 Å². The Labute approximate surface area is 153 Å². The number of nitrogens with zero attached hydrogens (tertiary/aromatic N) is 1. The van der Waals surface area contributed by atoms with Gasteiger partial charge in [0.05, 0.1) is 22.9 Å². The molecule has 1 amide bonds. The first-order chi connectivity index (χ1) is 12.8. The van der Waals surface area contributed by atoms with Crippen LogP contribution in [0.1, 0.15) is 29.6 Å². The lowest BCUT2D eigenvalue weighted by molar-refractivity contribution is 0.0908. The molecule has 1 N–H and O–H groups in total. The van der Waals surface area contributed by atoms with Crippen LogP contribution in [0.5, 0.6) is 0 Å². The van der Waals surface area contributed by atoms with Gasteiger partial charge in [-0.1, -0.05) is 48.5 Å². The van der Waals surface area contributed by atoms with Crippen molar-refractivity contribution in [2.45, 2.75) is 25.4 Å². The number of hydrogen-bond acceptors (Lipinski definition) is 3. The molecule has 2 aromatic carbocycles. The van der Waals surface area contributed by atoms with E-state index in [0.717, 1.165) is 48.0 Å². The third kappa shape index (κ3) is 3.60. The van der Waals surface area contributed by atoms with Crippen molar-refractivity contribution in [3.63, 3.8) is 0 Å². The van der Waals surface area contributed by atoms with Crippen LogP contribution in [0.2, 0.25) is 0 Å². The Balaban J connectivity index is 1.61. The number of hydrogen-bond donors (Lipinski definition) is 1. The molecular weight excluding hydrogens is 324 g/mol. The van der Waals surface area contributed by atoms with Crippen molar-refractivity contribution in [1.82, 2.24) is 10.3 Å². The van der Waals surface area contributed by atoms with Gasteiger partial charge in [-0.05, 0) is 31.4 Å². The summed E-state index contributed by atoms with van der Waals surface area (Å²) in [6.07, 6.45) is 3.35. The standard InChI is InChI=1S/C22H22N2O2/c25-22(23-13-12-17-9-6-14-26-17)19-15-21(16-7-2-1-3-8-16)24-20-11-5-4-10-18(19)20/h1-5,7-8,10-11,15,17H,6,9,12-14H2,(H,23,25)/t17-/m1/s1. The van der Waals surface area contributed by atoms with E-state index in [1.807, 2.05) is 60.7 Å². The zero-order valence-corrected chi connectivity index (χ0v) is 14.7. The maximum atomic E-state index is 12.8. The highest BCUT2D eigenvalue weighted by molar-refractivity contribution is 6.07. The van der Waals surface area contributed by atoms with Crippen LogP contribution in [0.3, 0.4) is 0 Å². The first-order valence-electron chi connectivity index (χ1n) is 9.16. The van der Waals surface area contributed by atoms with Crippen molar-refractivity contribution >= 4 is 16.8 Å². The van der Waals surface area contributed by atoms with Crippen molar-refractivity contribution in [2.75, 3.05) is 13.2 Å². The van der Waals surface area contributed by atoms with Crippen LogP contribution in [0.15, 0.2) is 60.7 Å². The number of carbonyl (C=O) groups is 1. The smallest absolute Gasteiger partial charge is 0.252 e. The highest BCUT2D eigenvalue weighted by Crippen LogP contribution is 2.24. The summed E-state index contributed by atoms with van der Waals surface area (Å²) in [5, 5.41) is 3.93. The minimum Gasteiger partial charge on any atom is -0.378 e. The molecule has 4 heteroatoms. The predicted molar refractivity (Wildman–Crippen MR) is 103 cm³/mol. The van der Waals surface area contributed by atoms with E-state index in [0.29, 0.717) is 12.1 Å². The maximum absolute atomic E-state index is 12.8. The van der Waals surface area contributed by atoms with Crippen LogP contribution in [-0.2, 0) is 4.74 Å². The first-order valence-corrected chi connectivity index (χ1v) is 9.16. The minimum atomic E-state index is -0.0567. The van der Waals surface area contributed by atoms with E-state index in [1.54, 1.807) is 0 Å². The lowest BCUT2D eigenvalue weighted by atomic mass is 10.0. The van der Waals surface area contributed by atoms with Gasteiger partial charge in [0.2, 0.25) is 0 Å². The van der Waals surface area contributed by atoms with Gasteiger partial charge in [0.25, 0.3) is 5.91 Å². The quantitative estimate of drug-likeness (QED) is 0.753. The number of fused-ring (bicyclic) bond motifs is 1. The van der Waals surface area contributed by atoms with Crippen LogP contribution in [-0.4, -0.2) is 30.1 Å². The lowest BCUT2D eigenvalue weighted by Gasteiger charge is -2.12. The second-order valence-electron chi connectivity index (χ2n) is 6.62. The van der Waals surface area contributed by atoms with Gasteiger partial charge in [0.15, 0.2) is 0 Å².